The molecule has 20 heavy (non-hydrogen) atoms. The van der Waals surface area contributed by atoms with E-state index in [0.29, 0.717) is 19.8 Å². The second-order valence-corrected chi connectivity index (χ2v) is 5.18. The molecular formula is C15H20N2O3. The van der Waals surface area contributed by atoms with Crippen molar-refractivity contribution in [2.24, 2.45) is 0 Å². The van der Waals surface area contributed by atoms with E-state index in [0.717, 1.165) is 36.4 Å². The summed E-state index contributed by atoms with van der Waals surface area (Å²) in [6, 6.07) is 6.17. The molecule has 1 amide bonds. The molecule has 5 nitrogen and oxygen atoms in total. The molecule has 0 radical (unpaired) electrons. The number of fused-ring (bicyclic) bond motifs is 1. The number of likely N-dealkylation sites (N-methyl/N-ethyl adjacent to an activating group) is 1. The lowest BCUT2D eigenvalue weighted by molar-refractivity contribution is -0.131. The monoisotopic (exact) mass is 276 g/mol. The van der Waals surface area contributed by atoms with Crippen molar-refractivity contribution < 1.29 is 14.3 Å². The van der Waals surface area contributed by atoms with E-state index in [4.69, 9.17) is 9.47 Å². The third-order valence-corrected chi connectivity index (χ3v) is 3.85. The third kappa shape index (κ3) is 2.45. The van der Waals surface area contributed by atoms with Gasteiger partial charge in [0.2, 0.25) is 5.91 Å². The van der Waals surface area contributed by atoms with Gasteiger partial charge in [-0.3, -0.25) is 4.79 Å². The van der Waals surface area contributed by atoms with Crippen LogP contribution in [0.5, 0.6) is 11.5 Å². The number of hydrogen-bond acceptors (Lipinski definition) is 4. The van der Waals surface area contributed by atoms with E-state index in [2.05, 4.69) is 5.32 Å². The quantitative estimate of drug-likeness (QED) is 0.905. The van der Waals surface area contributed by atoms with Crippen molar-refractivity contribution in [3.05, 3.63) is 23.8 Å². The lowest BCUT2D eigenvalue weighted by Crippen LogP contribution is -2.36. The zero-order chi connectivity index (χ0) is 13.9. The Bertz CT molecular complexity index is 504. The fourth-order valence-corrected chi connectivity index (χ4v) is 2.93. The van der Waals surface area contributed by atoms with E-state index in [1.807, 2.05) is 23.1 Å². The number of benzene rings is 1. The Morgan fingerprint density at radius 1 is 1.35 bits per heavy atom. The maximum absolute atomic E-state index is 12.1. The van der Waals surface area contributed by atoms with Crippen LogP contribution in [0.1, 0.15) is 24.4 Å². The molecule has 0 saturated carbocycles. The molecule has 0 spiro atoms. The van der Waals surface area contributed by atoms with E-state index < -0.39 is 0 Å². The molecule has 2 heterocycles. The van der Waals surface area contributed by atoms with Crippen LogP contribution in [0.3, 0.4) is 0 Å². The highest BCUT2D eigenvalue weighted by Gasteiger charge is 2.30. The second-order valence-electron chi connectivity index (χ2n) is 5.18. The van der Waals surface area contributed by atoms with Crippen LogP contribution in [-0.2, 0) is 4.79 Å². The minimum absolute atomic E-state index is 0.157. The number of nitrogens with zero attached hydrogens (tertiary/aromatic N) is 1. The summed E-state index contributed by atoms with van der Waals surface area (Å²) < 4.78 is 11.2. The van der Waals surface area contributed by atoms with Gasteiger partial charge in [0, 0.05) is 6.54 Å². The summed E-state index contributed by atoms with van der Waals surface area (Å²) in [5.74, 6) is 1.75. The highest BCUT2D eigenvalue weighted by Crippen LogP contribution is 2.37. The van der Waals surface area contributed by atoms with E-state index in [9.17, 15) is 4.79 Å². The van der Waals surface area contributed by atoms with Crippen LogP contribution in [0.25, 0.3) is 0 Å². The minimum Gasteiger partial charge on any atom is -0.486 e. The maximum Gasteiger partial charge on any atom is 0.237 e. The lowest BCUT2D eigenvalue weighted by atomic mass is 10.0. The van der Waals surface area contributed by atoms with E-state index in [1.54, 1.807) is 7.05 Å². The van der Waals surface area contributed by atoms with Gasteiger partial charge in [-0.1, -0.05) is 6.07 Å². The standard InChI is InChI=1S/C15H20N2O3/c1-16-10-15(18)17-6-2-3-12(17)11-4-5-13-14(9-11)20-8-7-19-13/h4-5,9,12,16H,2-3,6-8,10H2,1H3. The first-order valence-electron chi connectivity index (χ1n) is 7.13. The van der Waals surface area contributed by atoms with Crippen molar-refractivity contribution in [1.29, 1.82) is 0 Å². The highest BCUT2D eigenvalue weighted by molar-refractivity contribution is 5.79. The number of likely N-dealkylation sites (tertiary alicyclic amines) is 1. The summed E-state index contributed by atoms with van der Waals surface area (Å²) in [6.07, 6.45) is 2.06. The molecule has 5 heteroatoms. The Labute approximate surface area is 118 Å². The molecule has 1 aromatic carbocycles. The van der Waals surface area contributed by atoms with E-state index >= 15 is 0 Å². The van der Waals surface area contributed by atoms with E-state index in [-0.39, 0.29) is 11.9 Å². The Hall–Kier alpha value is -1.75. The number of ether oxygens (including phenoxy) is 2. The summed E-state index contributed by atoms with van der Waals surface area (Å²) in [5.41, 5.74) is 1.14. The Morgan fingerprint density at radius 2 is 2.15 bits per heavy atom. The Morgan fingerprint density at radius 3 is 2.95 bits per heavy atom. The van der Waals surface area contributed by atoms with Gasteiger partial charge in [-0.25, -0.2) is 0 Å². The number of hydrogen-bond donors (Lipinski definition) is 1. The first-order valence-corrected chi connectivity index (χ1v) is 7.13. The van der Waals surface area contributed by atoms with Crippen LogP contribution in [0.2, 0.25) is 0 Å². The minimum atomic E-state index is 0.157. The molecule has 2 aliphatic heterocycles. The number of nitrogens with one attached hydrogen (secondary N) is 1. The van der Waals surface area contributed by atoms with Crippen molar-refractivity contribution in [2.45, 2.75) is 18.9 Å². The Kier molecular flexibility index (Phi) is 3.78. The van der Waals surface area contributed by atoms with Gasteiger partial charge in [0.1, 0.15) is 13.2 Å². The second kappa shape index (κ2) is 5.71. The van der Waals surface area contributed by atoms with Crippen LogP contribution in [-0.4, -0.2) is 44.2 Å². The van der Waals surface area contributed by atoms with Gasteiger partial charge in [-0.2, -0.15) is 0 Å². The molecule has 1 aromatic rings. The van der Waals surface area contributed by atoms with Crippen LogP contribution >= 0.6 is 0 Å². The SMILES string of the molecule is CNCC(=O)N1CCCC1c1ccc2c(c1)OCCO2. The average Bonchev–Trinajstić information content (AvgIpc) is 2.96. The zero-order valence-electron chi connectivity index (χ0n) is 11.7. The van der Waals surface area contributed by atoms with Crippen molar-refractivity contribution in [3.63, 3.8) is 0 Å². The molecule has 1 fully saturated rings. The number of rotatable bonds is 3. The molecule has 2 aliphatic rings. The van der Waals surface area contributed by atoms with Gasteiger partial charge in [-0.05, 0) is 37.6 Å². The molecule has 1 saturated heterocycles. The number of carbonyl (C=O) groups excluding carboxylic acids is 1. The van der Waals surface area contributed by atoms with Crippen molar-refractivity contribution >= 4 is 5.91 Å². The van der Waals surface area contributed by atoms with E-state index in [1.165, 1.54) is 0 Å². The van der Waals surface area contributed by atoms with Gasteiger partial charge < -0.3 is 19.7 Å². The molecule has 1 N–H and O–H groups in total. The molecule has 3 rings (SSSR count). The van der Waals surface area contributed by atoms with Gasteiger partial charge in [0.25, 0.3) is 0 Å². The maximum atomic E-state index is 12.1. The first-order chi connectivity index (χ1) is 9.79. The summed E-state index contributed by atoms with van der Waals surface area (Å²) >= 11 is 0. The van der Waals surface area contributed by atoms with Crippen LogP contribution in [0, 0.1) is 0 Å². The molecule has 108 valence electrons. The summed E-state index contributed by atoms with van der Waals surface area (Å²) in [4.78, 5) is 14.1. The summed E-state index contributed by atoms with van der Waals surface area (Å²) in [7, 11) is 1.80. The molecule has 0 aliphatic carbocycles. The normalized spacial score (nSPS) is 21.1. The largest absolute Gasteiger partial charge is 0.486 e. The molecule has 0 aromatic heterocycles. The smallest absolute Gasteiger partial charge is 0.237 e. The summed E-state index contributed by atoms with van der Waals surface area (Å²) in [5, 5.41) is 2.93. The zero-order valence-corrected chi connectivity index (χ0v) is 11.7. The molecule has 1 unspecified atom stereocenters. The van der Waals surface area contributed by atoms with Gasteiger partial charge in [0.15, 0.2) is 11.5 Å². The van der Waals surface area contributed by atoms with Crippen molar-refractivity contribution in [2.75, 3.05) is 33.4 Å². The third-order valence-electron chi connectivity index (χ3n) is 3.85. The number of carbonyl (C=O) groups is 1. The van der Waals surface area contributed by atoms with Crippen LogP contribution < -0.4 is 14.8 Å². The fourth-order valence-electron chi connectivity index (χ4n) is 2.93. The van der Waals surface area contributed by atoms with Crippen LogP contribution in [0.15, 0.2) is 18.2 Å². The fraction of sp³-hybridized carbons (Fsp3) is 0.533. The van der Waals surface area contributed by atoms with Gasteiger partial charge >= 0.3 is 0 Å². The summed E-state index contributed by atoms with van der Waals surface area (Å²) in [6.45, 7) is 2.41. The van der Waals surface area contributed by atoms with Crippen molar-refractivity contribution in [3.8, 4) is 11.5 Å². The predicted molar refractivity (Wildman–Crippen MR) is 75.0 cm³/mol. The van der Waals surface area contributed by atoms with Crippen LogP contribution in [0.4, 0.5) is 0 Å². The molecule has 0 bridgehead atoms. The number of amides is 1. The topological polar surface area (TPSA) is 50.8 Å². The Balaban J connectivity index is 1.82. The van der Waals surface area contributed by atoms with Gasteiger partial charge in [-0.15, -0.1) is 0 Å². The van der Waals surface area contributed by atoms with Gasteiger partial charge in [0.05, 0.1) is 12.6 Å². The van der Waals surface area contributed by atoms with Crippen molar-refractivity contribution in [1.82, 2.24) is 10.2 Å². The first kappa shape index (κ1) is 13.2. The average molecular weight is 276 g/mol. The highest BCUT2D eigenvalue weighted by atomic mass is 16.6. The molecular weight excluding hydrogens is 256 g/mol. The lowest BCUT2D eigenvalue weighted by Gasteiger charge is -2.26. The predicted octanol–water partition coefficient (Wildman–Crippen LogP) is 1.34. The molecule has 1 atom stereocenters.